The maximum absolute atomic E-state index is 12.7. The van der Waals surface area contributed by atoms with E-state index in [2.05, 4.69) is 29.6 Å². The Hall–Kier alpha value is -2.82. The van der Waals surface area contributed by atoms with Crippen LogP contribution < -0.4 is 10.1 Å². The van der Waals surface area contributed by atoms with E-state index in [9.17, 15) is 9.59 Å². The van der Waals surface area contributed by atoms with E-state index in [1.165, 1.54) is 5.56 Å². The van der Waals surface area contributed by atoms with E-state index < -0.39 is 11.4 Å². The van der Waals surface area contributed by atoms with E-state index >= 15 is 0 Å². The van der Waals surface area contributed by atoms with Gasteiger partial charge in [0.1, 0.15) is 5.75 Å². The molecule has 144 valence electrons. The molecular weight excluding hydrogens is 342 g/mol. The first-order valence-electron chi connectivity index (χ1n) is 9.05. The Balaban J connectivity index is 1.92. The quantitative estimate of drug-likeness (QED) is 0.710. The highest BCUT2D eigenvalue weighted by Gasteiger charge is 2.28. The van der Waals surface area contributed by atoms with E-state index in [0.717, 1.165) is 5.56 Å². The number of carbonyl (C=O) groups excluding carboxylic acids is 2. The third-order valence-electron chi connectivity index (χ3n) is 4.16. The SMILES string of the molecule is CCOC(=O)COc1ccc(NC(=O)C(C)(C)Cc2ccc(C)cc2)cc1. The molecule has 0 radical (unpaired) electrons. The molecule has 0 saturated carbocycles. The average molecular weight is 369 g/mol. The number of hydrogen-bond acceptors (Lipinski definition) is 4. The summed E-state index contributed by atoms with van der Waals surface area (Å²) in [5.41, 5.74) is 2.46. The van der Waals surface area contributed by atoms with Crippen molar-refractivity contribution in [3.05, 3.63) is 59.7 Å². The molecule has 0 aromatic heterocycles. The van der Waals surface area contributed by atoms with E-state index in [-0.39, 0.29) is 12.5 Å². The molecule has 0 aliphatic carbocycles. The van der Waals surface area contributed by atoms with Gasteiger partial charge in [0.25, 0.3) is 0 Å². The van der Waals surface area contributed by atoms with Crippen LogP contribution in [0.5, 0.6) is 5.75 Å². The molecule has 27 heavy (non-hydrogen) atoms. The van der Waals surface area contributed by atoms with Crippen LogP contribution in [-0.2, 0) is 20.7 Å². The molecule has 2 aromatic rings. The third kappa shape index (κ3) is 6.44. The first kappa shape index (κ1) is 20.5. The minimum atomic E-state index is -0.547. The van der Waals surface area contributed by atoms with Crippen LogP contribution in [0.2, 0.25) is 0 Å². The molecule has 0 saturated heterocycles. The molecule has 0 heterocycles. The Bertz CT molecular complexity index is 764. The van der Waals surface area contributed by atoms with Crippen LogP contribution >= 0.6 is 0 Å². The minimum Gasteiger partial charge on any atom is -0.482 e. The van der Waals surface area contributed by atoms with Crippen molar-refractivity contribution in [2.75, 3.05) is 18.5 Å². The Labute approximate surface area is 160 Å². The molecule has 0 atom stereocenters. The monoisotopic (exact) mass is 369 g/mol. The molecule has 2 rings (SSSR count). The lowest BCUT2D eigenvalue weighted by Gasteiger charge is -2.24. The van der Waals surface area contributed by atoms with Crippen LogP contribution in [-0.4, -0.2) is 25.1 Å². The molecule has 5 nitrogen and oxygen atoms in total. The van der Waals surface area contributed by atoms with Crippen LogP contribution in [0.25, 0.3) is 0 Å². The normalized spacial score (nSPS) is 11.0. The highest BCUT2D eigenvalue weighted by molar-refractivity contribution is 5.95. The Morgan fingerprint density at radius 1 is 1.00 bits per heavy atom. The lowest BCUT2D eigenvalue weighted by atomic mass is 9.84. The molecule has 2 aromatic carbocycles. The lowest BCUT2D eigenvalue weighted by Crippen LogP contribution is -2.32. The number of aryl methyl sites for hydroxylation is 1. The summed E-state index contributed by atoms with van der Waals surface area (Å²) in [6.07, 6.45) is 0.653. The summed E-state index contributed by atoms with van der Waals surface area (Å²) in [6, 6.07) is 15.1. The summed E-state index contributed by atoms with van der Waals surface area (Å²) < 4.78 is 10.2. The molecule has 0 bridgehead atoms. The second-order valence-electron chi connectivity index (χ2n) is 7.12. The van der Waals surface area contributed by atoms with Crippen molar-refractivity contribution in [2.45, 2.75) is 34.1 Å². The molecule has 1 N–H and O–H groups in total. The summed E-state index contributed by atoms with van der Waals surface area (Å²) in [4.78, 5) is 24.0. The van der Waals surface area contributed by atoms with Crippen molar-refractivity contribution in [3.63, 3.8) is 0 Å². The van der Waals surface area contributed by atoms with E-state index in [4.69, 9.17) is 9.47 Å². The summed E-state index contributed by atoms with van der Waals surface area (Å²) in [7, 11) is 0. The highest BCUT2D eigenvalue weighted by atomic mass is 16.6. The summed E-state index contributed by atoms with van der Waals surface area (Å²) in [5.74, 6) is 0.0796. The van der Waals surface area contributed by atoms with Gasteiger partial charge in [-0.3, -0.25) is 4.79 Å². The summed E-state index contributed by atoms with van der Waals surface area (Å²) >= 11 is 0. The molecule has 0 aliphatic rings. The molecular formula is C22H27NO4. The average Bonchev–Trinajstić information content (AvgIpc) is 2.63. The molecule has 0 spiro atoms. The maximum atomic E-state index is 12.7. The Kier molecular flexibility index (Phi) is 6.99. The Morgan fingerprint density at radius 2 is 1.63 bits per heavy atom. The van der Waals surface area contributed by atoms with Crippen molar-refractivity contribution in [2.24, 2.45) is 5.41 Å². The van der Waals surface area contributed by atoms with Crippen molar-refractivity contribution in [1.29, 1.82) is 0 Å². The first-order chi connectivity index (χ1) is 12.8. The fourth-order valence-electron chi connectivity index (χ4n) is 2.58. The van der Waals surface area contributed by atoms with Crippen molar-refractivity contribution < 1.29 is 19.1 Å². The number of esters is 1. The molecule has 1 amide bonds. The molecule has 0 fully saturated rings. The zero-order valence-corrected chi connectivity index (χ0v) is 16.4. The molecule has 0 unspecified atom stereocenters. The topological polar surface area (TPSA) is 64.6 Å². The first-order valence-corrected chi connectivity index (χ1v) is 9.05. The van der Waals surface area contributed by atoms with Crippen molar-refractivity contribution >= 4 is 17.6 Å². The number of carbonyl (C=O) groups is 2. The zero-order valence-electron chi connectivity index (χ0n) is 16.4. The van der Waals surface area contributed by atoms with Gasteiger partial charge >= 0.3 is 5.97 Å². The van der Waals surface area contributed by atoms with Gasteiger partial charge in [-0.1, -0.05) is 43.7 Å². The van der Waals surface area contributed by atoms with Gasteiger partial charge in [-0.05, 0) is 50.1 Å². The van der Waals surface area contributed by atoms with Crippen LogP contribution in [0.4, 0.5) is 5.69 Å². The van der Waals surface area contributed by atoms with Crippen molar-refractivity contribution in [1.82, 2.24) is 0 Å². The van der Waals surface area contributed by atoms with Crippen LogP contribution in [0.3, 0.4) is 0 Å². The van der Waals surface area contributed by atoms with Crippen molar-refractivity contribution in [3.8, 4) is 5.75 Å². The number of ether oxygens (including phenoxy) is 2. The number of amides is 1. The number of hydrogen-bond donors (Lipinski definition) is 1. The molecule has 5 heteroatoms. The van der Waals surface area contributed by atoms with Gasteiger partial charge in [0.2, 0.25) is 5.91 Å². The Morgan fingerprint density at radius 3 is 2.22 bits per heavy atom. The van der Waals surface area contributed by atoms with E-state index in [0.29, 0.717) is 24.5 Å². The smallest absolute Gasteiger partial charge is 0.344 e. The number of benzene rings is 2. The van der Waals surface area contributed by atoms with Gasteiger partial charge in [-0.25, -0.2) is 4.79 Å². The molecule has 0 aliphatic heterocycles. The second-order valence-corrected chi connectivity index (χ2v) is 7.12. The fourth-order valence-corrected chi connectivity index (χ4v) is 2.58. The van der Waals surface area contributed by atoms with E-state index in [1.54, 1.807) is 31.2 Å². The predicted octanol–water partition coefficient (Wildman–Crippen LogP) is 4.14. The van der Waals surface area contributed by atoms with E-state index in [1.807, 2.05) is 20.8 Å². The van der Waals surface area contributed by atoms with Gasteiger partial charge in [-0.2, -0.15) is 0 Å². The minimum absolute atomic E-state index is 0.0525. The summed E-state index contributed by atoms with van der Waals surface area (Å²) in [5, 5.41) is 2.94. The fraction of sp³-hybridized carbons (Fsp3) is 0.364. The second kappa shape index (κ2) is 9.21. The maximum Gasteiger partial charge on any atom is 0.344 e. The van der Waals surface area contributed by atoms with Gasteiger partial charge < -0.3 is 14.8 Å². The van der Waals surface area contributed by atoms with Gasteiger partial charge in [0.15, 0.2) is 6.61 Å². The summed E-state index contributed by atoms with van der Waals surface area (Å²) in [6.45, 7) is 7.84. The van der Waals surface area contributed by atoms with Crippen LogP contribution in [0.15, 0.2) is 48.5 Å². The number of anilines is 1. The van der Waals surface area contributed by atoms with Crippen LogP contribution in [0.1, 0.15) is 31.9 Å². The van der Waals surface area contributed by atoms with Crippen LogP contribution in [0, 0.1) is 12.3 Å². The zero-order chi connectivity index (χ0) is 19.9. The van der Waals surface area contributed by atoms with Gasteiger partial charge in [-0.15, -0.1) is 0 Å². The number of nitrogens with one attached hydrogen (secondary N) is 1. The largest absolute Gasteiger partial charge is 0.482 e. The predicted molar refractivity (Wildman–Crippen MR) is 106 cm³/mol. The van der Waals surface area contributed by atoms with Gasteiger partial charge in [0, 0.05) is 11.1 Å². The lowest BCUT2D eigenvalue weighted by molar-refractivity contribution is -0.145. The third-order valence-corrected chi connectivity index (χ3v) is 4.16. The number of rotatable bonds is 8. The van der Waals surface area contributed by atoms with Gasteiger partial charge in [0.05, 0.1) is 6.61 Å². The standard InChI is InChI=1S/C22H27NO4/c1-5-26-20(24)15-27-19-12-10-18(11-13-19)23-21(25)22(3,4)14-17-8-6-16(2)7-9-17/h6-13H,5,14-15H2,1-4H3,(H,23,25). The highest BCUT2D eigenvalue weighted by Crippen LogP contribution is 2.25.